The molecule has 0 spiro atoms. The van der Waals surface area contributed by atoms with Crippen molar-refractivity contribution in [3.8, 4) is 0 Å². The summed E-state index contributed by atoms with van der Waals surface area (Å²) in [7, 11) is -3.93. The highest BCUT2D eigenvalue weighted by Crippen LogP contribution is 2.22. The Kier molecular flexibility index (Phi) is 7.95. The van der Waals surface area contributed by atoms with Gasteiger partial charge in [0.15, 0.2) is 0 Å². The molecule has 5 nitrogen and oxygen atoms in total. The monoisotopic (exact) mass is 484 g/mol. The lowest BCUT2D eigenvalue weighted by atomic mass is 9.96. The molecule has 7 heteroatoms. The molecule has 2 N–H and O–H groups in total. The van der Waals surface area contributed by atoms with E-state index < -0.39 is 16.1 Å². The second-order valence-electron chi connectivity index (χ2n) is 8.34. The van der Waals surface area contributed by atoms with Gasteiger partial charge < -0.3 is 5.32 Å². The average molecular weight is 485 g/mol. The molecular formula is C26H29ClN2O3S. The number of amides is 1. The van der Waals surface area contributed by atoms with E-state index in [1.54, 1.807) is 0 Å². The quantitative estimate of drug-likeness (QED) is 0.470. The van der Waals surface area contributed by atoms with E-state index in [-0.39, 0.29) is 23.3 Å². The van der Waals surface area contributed by atoms with Crippen LogP contribution in [0.5, 0.6) is 0 Å². The highest BCUT2D eigenvalue weighted by Gasteiger charge is 2.27. The molecule has 33 heavy (non-hydrogen) atoms. The summed E-state index contributed by atoms with van der Waals surface area (Å²) >= 11 is 5.89. The fraction of sp³-hybridized carbons (Fsp3) is 0.269. The average Bonchev–Trinajstić information content (AvgIpc) is 2.76. The van der Waals surface area contributed by atoms with Crippen LogP contribution in [-0.2, 0) is 21.2 Å². The molecule has 0 aliphatic rings. The van der Waals surface area contributed by atoms with Crippen molar-refractivity contribution in [2.24, 2.45) is 0 Å². The second kappa shape index (κ2) is 10.5. The van der Waals surface area contributed by atoms with Gasteiger partial charge in [0.2, 0.25) is 15.9 Å². The first kappa shape index (κ1) is 25.0. The first-order chi connectivity index (χ1) is 15.6. The number of hydrogen-bond acceptors (Lipinski definition) is 3. The Bertz CT molecular complexity index is 1230. The lowest BCUT2D eigenvalue weighted by molar-refractivity contribution is -0.123. The van der Waals surface area contributed by atoms with Crippen LogP contribution in [0.25, 0.3) is 0 Å². The van der Waals surface area contributed by atoms with Gasteiger partial charge in [-0.25, -0.2) is 8.42 Å². The molecule has 3 aromatic rings. The van der Waals surface area contributed by atoms with E-state index in [4.69, 9.17) is 11.6 Å². The molecule has 0 aromatic heterocycles. The summed E-state index contributed by atoms with van der Waals surface area (Å²) in [6.07, 6.45) is 0.220. The van der Waals surface area contributed by atoms with Crippen LogP contribution in [0.3, 0.4) is 0 Å². The Labute approximate surface area is 201 Å². The van der Waals surface area contributed by atoms with Gasteiger partial charge >= 0.3 is 0 Å². The molecule has 0 heterocycles. The van der Waals surface area contributed by atoms with Crippen molar-refractivity contribution in [3.63, 3.8) is 0 Å². The Morgan fingerprint density at radius 2 is 1.52 bits per heavy atom. The highest BCUT2D eigenvalue weighted by molar-refractivity contribution is 7.89. The van der Waals surface area contributed by atoms with Gasteiger partial charge in [0.05, 0.1) is 10.9 Å². The maximum absolute atomic E-state index is 13.3. The van der Waals surface area contributed by atoms with Crippen LogP contribution in [0.4, 0.5) is 0 Å². The third-order valence-corrected chi connectivity index (χ3v) is 7.47. The number of carbonyl (C=O) groups excluding carboxylic acids is 1. The maximum atomic E-state index is 13.3. The number of carbonyl (C=O) groups is 1. The van der Waals surface area contributed by atoms with Crippen molar-refractivity contribution < 1.29 is 13.2 Å². The van der Waals surface area contributed by atoms with Gasteiger partial charge in [-0.3, -0.25) is 4.79 Å². The molecule has 3 rings (SSSR count). The normalized spacial score (nSPS) is 13.4. The molecule has 0 aliphatic heterocycles. The smallest absolute Gasteiger partial charge is 0.241 e. The lowest BCUT2D eigenvalue weighted by Gasteiger charge is -2.23. The Balaban J connectivity index is 1.86. The number of benzene rings is 3. The van der Waals surface area contributed by atoms with Crippen molar-refractivity contribution in [3.05, 3.63) is 99.6 Å². The first-order valence-electron chi connectivity index (χ1n) is 10.8. The summed E-state index contributed by atoms with van der Waals surface area (Å²) < 4.78 is 28.6. The minimum absolute atomic E-state index is 0.0517. The second-order valence-corrected chi connectivity index (χ2v) is 10.5. The van der Waals surface area contributed by atoms with Gasteiger partial charge in [-0.15, -0.1) is 0 Å². The molecule has 0 bridgehead atoms. The van der Waals surface area contributed by atoms with Crippen LogP contribution in [-0.4, -0.2) is 20.4 Å². The first-order valence-corrected chi connectivity index (χ1v) is 12.6. The van der Waals surface area contributed by atoms with E-state index in [0.717, 1.165) is 22.3 Å². The molecule has 0 saturated carbocycles. The van der Waals surface area contributed by atoms with Crippen LogP contribution in [0.1, 0.15) is 40.8 Å². The third kappa shape index (κ3) is 6.44. The fourth-order valence-electron chi connectivity index (χ4n) is 3.75. The van der Waals surface area contributed by atoms with Crippen molar-refractivity contribution >= 4 is 27.5 Å². The number of hydrogen-bond donors (Lipinski definition) is 2. The van der Waals surface area contributed by atoms with Gasteiger partial charge in [-0.1, -0.05) is 54.1 Å². The Morgan fingerprint density at radius 1 is 0.909 bits per heavy atom. The van der Waals surface area contributed by atoms with Gasteiger partial charge in [0.25, 0.3) is 0 Å². The molecule has 3 aromatic carbocycles. The van der Waals surface area contributed by atoms with Gasteiger partial charge in [0.1, 0.15) is 6.04 Å². The minimum atomic E-state index is -3.93. The number of halogens is 1. The van der Waals surface area contributed by atoms with Crippen LogP contribution >= 0.6 is 11.6 Å². The Morgan fingerprint density at radius 3 is 2.15 bits per heavy atom. The lowest BCUT2D eigenvalue weighted by Crippen LogP contribution is -2.48. The van der Waals surface area contributed by atoms with E-state index in [2.05, 4.69) is 29.1 Å². The van der Waals surface area contributed by atoms with Crippen molar-refractivity contribution in [2.45, 2.75) is 51.1 Å². The number of sulfonamides is 1. The summed E-state index contributed by atoms with van der Waals surface area (Å²) in [5.74, 6) is -0.387. The summed E-state index contributed by atoms with van der Waals surface area (Å²) in [6.45, 7) is 8.00. The van der Waals surface area contributed by atoms with Gasteiger partial charge in [-0.2, -0.15) is 4.72 Å². The predicted molar refractivity (Wildman–Crippen MR) is 133 cm³/mol. The zero-order chi connectivity index (χ0) is 24.2. The van der Waals surface area contributed by atoms with Crippen molar-refractivity contribution in [1.82, 2.24) is 10.0 Å². The van der Waals surface area contributed by atoms with Crippen LogP contribution in [0, 0.1) is 20.8 Å². The number of rotatable bonds is 8. The van der Waals surface area contributed by atoms with E-state index in [1.807, 2.05) is 51.1 Å². The van der Waals surface area contributed by atoms with Gasteiger partial charge in [-0.05, 0) is 86.2 Å². The van der Waals surface area contributed by atoms with Crippen LogP contribution < -0.4 is 10.0 Å². The summed E-state index contributed by atoms with van der Waals surface area (Å²) in [6, 6.07) is 18.1. The molecule has 1 amide bonds. The zero-order valence-electron chi connectivity index (χ0n) is 19.2. The summed E-state index contributed by atoms with van der Waals surface area (Å²) in [4.78, 5) is 13.4. The van der Waals surface area contributed by atoms with E-state index in [0.29, 0.717) is 5.02 Å². The number of nitrogens with one attached hydrogen (secondary N) is 2. The molecule has 0 saturated heterocycles. The predicted octanol–water partition coefficient (Wildman–Crippen LogP) is 5.03. The molecule has 0 aliphatic carbocycles. The molecule has 2 atom stereocenters. The third-order valence-electron chi connectivity index (χ3n) is 5.73. The fourth-order valence-corrected chi connectivity index (χ4v) is 5.07. The Hall–Kier alpha value is -2.67. The van der Waals surface area contributed by atoms with Crippen LogP contribution in [0.15, 0.2) is 71.6 Å². The maximum Gasteiger partial charge on any atom is 0.241 e. The van der Waals surface area contributed by atoms with Crippen molar-refractivity contribution in [2.75, 3.05) is 0 Å². The summed E-state index contributed by atoms with van der Waals surface area (Å²) in [5, 5.41) is 3.44. The topological polar surface area (TPSA) is 75.3 Å². The zero-order valence-corrected chi connectivity index (χ0v) is 20.8. The molecule has 0 radical (unpaired) electrons. The van der Waals surface area contributed by atoms with E-state index in [1.165, 1.54) is 29.8 Å². The van der Waals surface area contributed by atoms with E-state index in [9.17, 15) is 13.2 Å². The van der Waals surface area contributed by atoms with E-state index >= 15 is 0 Å². The molecular weight excluding hydrogens is 456 g/mol. The largest absolute Gasteiger partial charge is 0.348 e. The minimum Gasteiger partial charge on any atom is -0.348 e. The van der Waals surface area contributed by atoms with Crippen LogP contribution in [0.2, 0.25) is 5.02 Å². The van der Waals surface area contributed by atoms with Crippen molar-refractivity contribution in [1.29, 1.82) is 0 Å². The highest BCUT2D eigenvalue weighted by atomic mass is 35.5. The standard InChI is InChI=1S/C26H29ClN2O3S/c1-17-14-19(3)24(15-18(17)2)20(4)28-26(30)25(16-21-8-6-5-7-9-21)29-33(31,32)23-12-10-22(27)11-13-23/h5-15,20,25,29H,16H2,1-4H3,(H,28,30)/t20-,25-/m0/s1. The summed E-state index contributed by atoms with van der Waals surface area (Å²) in [5.41, 5.74) is 5.26. The molecule has 0 fully saturated rings. The molecule has 174 valence electrons. The van der Waals surface area contributed by atoms with Gasteiger partial charge in [0, 0.05) is 5.02 Å². The number of aryl methyl sites for hydroxylation is 3. The molecule has 0 unspecified atom stereocenters. The SMILES string of the molecule is Cc1cc(C)c([C@H](C)NC(=O)[C@H](Cc2ccccc2)NS(=O)(=O)c2ccc(Cl)cc2)cc1C.